The predicted octanol–water partition coefficient (Wildman–Crippen LogP) is 1.13. The zero-order valence-electron chi connectivity index (χ0n) is 11.5. The van der Waals surface area contributed by atoms with Gasteiger partial charge in [0.05, 0.1) is 0 Å². The number of likely N-dealkylation sites (tertiary alicyclic amines) is 1. The summed E-state index contributed by atoms with van der Waals surface area (Å²) in [5.41, 5.74) is 0.876. The van der Waals surface area contributed by atoms with Crippen LogP contribution in [0.5, 0.6) is 0 Å². The maximum absolute atomic E-state index is 13.4. The highest BCUT2D eigenvalue weighted by Gasteiger charge is 2.23. The SMILES string of the molecule is CC1CCC(C)N(Cc2ccc(F)c(B(O)O)c2)C1. The van der Waals surface area contributed by atoms with Gasteiger partial charge in [-0.2, -0.15) is 0 Å². The third-order valence-electron chi connectivity index (χ3n) is 3.97. The summed E-state index contributed by atoms with van der Waals surface area (Å²) in [6.07, 6.45) is 2.43. The zero-order chi connectivity index (χ0) is 14.0. The maximum atomic E-state index is 13.4. The van der Waals surface area contributed by atoms with Crippen molar-refractivity contribution in [3.8, 4) is 0 Å². The van der Waals surface area contributed by atoms with Crippen molar-refractivity contribution in [2.75, 3.05) is 6.54 Å². The molecule has 0 aromatic heterocycles. The molecule has 1 heterocycles. The third-order valence-corrected chi connectivity index (χ3v) is 3.97. The Balaban J connectivity index is 2.12. The van der Waals surface area contributed by atoms with Crippen molar-refractivity contribution in [3.05, 3.63) is 29.6 Å². The summed E-state index contributed by atoms with van der Waals surface area (Å²) in [4.78, 5) is 2.37. The smallest absolute Gasteiger partial charge is 0.423 e. The molecule has 19 heavy (non-hydrogen) atoms. The average molecular weight is 265 g/mol. The lowest BCUT2D eigenvalue weighted by Gasteiger charge is -2.36. The number of hydrogen-bond donors (Lipinski definition) is 2. The number of benzene rings is 1. The van der Waals surface area contributed by atoms with Gasteiger partial charge in [-0.25, -0.2) is 4.39 Å². The molecule has 2 unspecified atom stereocenters. The van der Waals surface area contributed by atoms with E-state index in [4.69, 9.17) is 10.0 Å². The zero-order valence-corrected chi connectivity index (χ0v) is 11.5. The number of halogens is 1. The molecule has 1 aromatic rings. The lowest BCUT2D eigenvalue weighted by Crippen LogP contribution is -2.41. The Bertz CT molecular complexity index is 441. The fourth-order valence-corrected chi connectivity index (χ4v) is 2.72. The van der Waals surface area contributed by atoms with E-state index in [9.17, 15) is 4.39 Å². The fourth-order valence-electron chi connectivity index (χ4n) is 2.72. The highest BCUT2D eigenvalue weighted by molar-refractivity contribution is 6.58. The Morgan fingerprint density at radius 3 is 2.74 bits per heavy atom. The largest absolute Gasteiger partial charge is 0.491 e. The van der Waals surface area contributed by atoms with Gasteiger partial charge in [0, 0.05) is 24.6 Å². The molecule has 0 saturated carbocycles. The molecule has 5 heteroatoms. The highest BCUT2D eigenvalue weighted by atomic mass is 19.1. The lowest BCUT2D eigenvalue weighted by atomic mass is 9.79. The normalized spacial score (nSPS) is 24.5. The van der Waals surface area contributed by atoms with E-state index < -0.39 is 12.9 Å². The van der Waals surface area contributed by atoms with Crippen LogP contribution in [-0.4, -0.2) is 34.7 Å². The van der Waals surface area contributed by atoms with Crippen molar-refractivity contribution >= 4 is 12.6 Å². The standard InChI is InChI=1S/C14H21BFNO2/c1-10-3-4-11(2)17(8-10)9-12-5-6-14(16)13(7-12)15(18)19/h5-7,10-11,18-19H,3-4,8-9H2,1-2H3. The van der Waals surface area contributed by atoms with E-state index in [0.717, 1.165) is 18.7 Å². The van der Waals surface area contributed by atoms with E-state index >= 15 is 0 Å². The molecule has 1 aromatic carbocycles. The van der Waals surface area contributed by atoms with Gasteiger partial charge >= 0.3 is 7.12 Å². The van der Waals surface area contributed by atoms with Crippen molar-refractivity contribution in [1.82, 2.24) is 4.90 Å². The molecule has 0 amide bonds. The van der Waals surface area contributed by atoms with Crippen molar-refractivity contribution in [2.24, 2.45) is 5.92 Å². The maximum Gasteiger partial charge on any atom is 0.491 e. The molecule has 2 rings (SSSR count). The molecule has 1 aliphatic rings. The Labute approximate surface area is 114 Å². The molecule has 1 fully saturated rings. The van der Waals surface area contributed by atoms with Gasteiger partial charge < -0.3 is 10.0 Å². The minimum Gasteiger partial charge on any atom is -0.423 e. The van der Waals surface area contributed by atoms with Gasteiger partial charge in [-0.3, -0.25) is 4.90 Å². The predicted molar refractivity (Wildman–Crippen MR) is 74.5 cm³/mol. The number of rotatable bonds is 3. The van der Waals surface area contributed by atoms with Crippen LogP contribution in [-0.2, 0) is 6.54 Å². The molecule has 2 N–H and O–H groups in total. The Morgan fingerprint density at radius 2 is 2.05 bits per heavy atom. The topological polar surface area (TPSA) is 43.7 Å². The molecule has 104 valence electrons. The van der Waals surface area contributed by atoms with Crippen molar-refractivity contribution < 1.29 is 14.4 Å². The Morgan fingerprint density at radius 1 is 1.32 bits per heavy atom. The number of hydrogen-bond acceptors (Lipinski definition) is 3. The second-order valence-corrected chi connectivity index (χ2v) is 5.69. The van der Waals surface area contributed by atoms with Crippen molar-refractivity contribution in [1.29, 1.82) is 0 Å². The Kier molecular flexibility index (Phi) is 4.60. The molecule has 0 aliphatic carbocycles. The summed E-state index contributed by atoms with van der Waals surface area (Å²) in [5.74, 6) is 0.110. The van der Waals surface area contributed by atoms with Crippen molar-refractivity contribution in [3.63, 3.8) is 0 Å². The van der Waals surface area contributed by atoms with Gasteiger partial charge in [0.25, 0.3) is 0 Å². The quantitative estimate of drug-likeness (QED) is 0.805. The first-order valence-electron chi connectivity index (χ1n) is 6.86. The van der Waals surface area contributed by atoms with Gasteiger partial charge in [0.1, 0.15) is 5.82 Å². The van der Waals surface area contributed by atoms with Crippen LogP contribution in [0, 0.1) is 11.7 Å². The fraction of sp³-hybridized carbons (Fsp3) is 0.571. The van der Waals surface area contributed by atoms with Crippen LogP contribution in [0.4, 0.5) is 4.39 Å². The summed E-state index contributed by atoms with van der Waals surface area (Å²) < 4.78 is 13.4. The summed E-state index contributed by atoms with van der Waals surface area (Å²) in [6.45, 7) is 6.21. The van der Waals surface area contributed by atoms with Crippen LogP contribution in [0.1, 0.15) is 32.3 Å². The molecule has 2 atom stereocenters. The van der Waals surface area contributed by atoms with Gasteiger partial charge in [0.15, 0.2) is 0 Å². The number of piperidine rings is 1. The molecule has 0 spiro atoms. The van der Waals surface area contributed by atoms with Crippen molar-refractivity contribution in [2.45, 2.75) is 39.3 Å². The molecule has 0 radical (unpaired) electrons. The molecule has 3 nitrogen and oxygen atoms in total. The van der Waals surface area contributed by atoms with Crippen LogP contribution in [0.15, 0.2) is 18.2 Å². The lowest BCUT2D eigenvalue weighted by molar-refractivity contribution is 0.117. The number of nitrogens with zero attached hydrogens (tertiary/aromatic N) is 1. The van der Waals surface area contributed by atoms with E-state index in [1.54, 1.807) is 12.1 Å². The monoisotopic (exact) mass is 265 g/mol. The van der Waals surface area contributed by atoms with Gasteiger partial charge in [-0.1, -0.05) is 19.1 Å². The second-order valence-electron chi connectivity index (χ2n) is 5.69. The first-order valence-corrected chi connectivity index (χ1v) is 6.86. The first-order chi connectivity index (χ1) is 8.97. The highest BCUT2D eigenvalue weighted by Crippen LogP contribution is 2.23. The molecule has 1 saturated heterocycles. The van der Waals surface area contributed by atoms with E-state index in [1.807, 2.05) is 0 Å². The Hall–Kier alpha value is -0.905. The van der Waals surface area contributed by atoms with Crippen LogP contribution in [0.25, 0.3) is 0 Å². The summed E-state index contributed by atoms with van der Waals surface area (Å²) in [7, 11) is -1.75. The van der Waals surface area contributed by atoms with Crippen LogP contribution in [0.3, 0.4) is 0 Å². The minimum absolute atomic E-state index is 0.0461. The molecule has 0 bridgehead atoms. The molecular weight excluding hydrogens is 244 g/mol. The molecular formula is C14H21BFNO2. The summed E-state index contributed by atoms with van der Waals surface area (Å²) >= 11 is 0. The van der Waals surface area contributed by atoms with Crippen LogP contribution >= 0.6 is 0 Å². The second kappa shape index (κ2) is 6.03. The minimum atomic E-state index is -1.75. The van der Waals surface area contributed by atoms with E-state index in [0.29, 0.717) is 12.0 Å². The molecule has 1 aliphatic heterocycles. The van der Waals surface area contributed by atoms with E-state index in [1.165, 1.54) is 18.9 Å². The first kappa shape index (κ1) is 14.5. The van der Waals surface area contributed by atoms with E-state index in [2.05, 4.69) is 18.7 Å². The average Bonchev–Trinajstić information content (AvgIpc) is 2.36. The summed E-state index contributed by atoms with van der Waals surface area (Å²) in [6, 6.07) is 5.09. The third kappa shape index (κ3) is 3.56. The van der Waals surface area contributed by atoms with Gasteiger partial charge in [-0.05, 0) is 37.3 Å². The van der Waals surface area contributed by atoms with Crippen LogP contribution < -0.4 is 5.46 Å². The van der Waals surface area contributed by atoms with Gasteiger partial charge in [-0.15, -0.1) is 0 Å². The van der Waals surface area contributed by atoms with Gasteiger partial charge in [0.2, 0.25) is 0 Å². The van der Waals surface area contributed by atoms with E-state index in [-0.39, 0.29) is 5.46 Å². The van der Waals surface area contributed by atoms with Crippen LogP contribution in [0.2, 0.25) is 0 Å². The summed E-state index contributed by atoms with van der Waals surface area (Å²) in [5, 5.41) is 18.3.